The van der Waals surface area contributed by atoms with Gasteiger partial charge in [0.15, 0.2) is 0 Å². The normalized spacial score (nSPS) is 18.4. The highest BCUT2D eigenvalue weighted by molar-refractivity contribution is 7.89. The molecule has 0 saturated heterocycles. The first-order valence-corrected chi connectivity index (χ1v) is 8.63. The van der Waals surface area contributed by atoms with E-state index in [2.05, 4.69) is 10.0 Å². The lowest BCUT2D eigenvalue weighted by Gasteiger charge is -2.37. The fraction of sp³-hybridized carbons (Fsp3) is 0.571. The molecule has 0 aromatic heterocycles. The number of nitrogen functional groups attached to an aromatic ring is 1. The van der Waals surface area contributed by atoms with Gasteiger partial charge in [-0.15, -0.1) is 0 Å². The summed E-state index contributed by atoms with van der Waals surface area (Å²) in [5, 5.41) is 13.0. The van der Waals surface area contributed by atoms with Crippen LogP contribution >= 0.6 is 0 Å². The summed E-state index contributed by atoms with van der Waals surface area (Å²) in [6, 6.07) is 4.56. The molecule has 1 aromatic rings. The van der Waals surface area contributed by atoms with Gasteiger partial charge in [0.05, 0.1) is 28.4 Å². The molecule has 21 heavy (non-hydrogen) atoms. The molecule has 5 N–H and O–H groups in total. The molecule has 118 valence electrons. The third-order valence-electron chi connectivity index (χ3n) is 4.12. The van der Waals surface area contributed by atoms with E-state index in [-0.39, 0.29) is 11.5 Å². The van der Waals surface area contributed by atoms with Gasteiger partial charge in [0.2, 0.25) is 10.0 Å². The van der Waals surface area contributed by atoms with Crippen LogP contribution in [0.4, 0.5) is 11.4 Å². The number of benzene rings is 1. The monoisotopic (exact) mass is 313 g/mol. The molecule has 0 spiro atoms. The highest BCUT2D eigenvalue weighted by atomic mass is 32.2. The predicted molar refractivity (Wildman–Crippen MR) is 83.6 cm³/mol. The Balaban J connectivity index is 2.33. The summed E-state index contributed by atoms with van der Waals surface area (Å²) < 4.78 is 26.0. The lowest BCUT2D eigenvalue weighted by atomic mass is 9.82. The maximum Gasteiger partial charge on any atom is 0.240 e. The fourth-order valence-corrected chi connectivity index (χ4v) is 3.52. The van der Waals surface area contributed by atoms with Crippen molar-refractivity contribution in [3.63, 3.8) is 0 Å². The third-order valence-corrected chi connectivity index (χ3v) is 5.53. The Hall–Kier alpha value is -1.31. The van der Waals surface area contributed by atoms with Gasteiger partial charge in [0, 0.05) is 0 Å². The Bertz CT molecular complexity index is 595. The van der Waals surface area contributed by atoms with Crippen LogP contribution in [0, 0.1) is 0 Å². The number of hydrogen-bond acceptors (Lipinski definition) is 5. The van der Waals surface area contributed by atoms with Crippen LogP contribution in [-0.2, 0) is 10.0 Å². The molecule has 1 aliphatic rings. The summed E-state index contributed by atoms with van der Waals surface area (Å²) in [6.07, 6.45) is 4.95. The predicted octanol–water partition coefficient (Wildman–Crippen LogP) is 1.28. The zero-order valence-corrected chi connectivity index (χ0v) is 13.0. The Morgan fingerprint density at radius 1 is 1.29 bits per heavy atom. The second-order valence-corrected chi connectivity index (χ2v) is 7.47. The van der Waals surface area contributed by atoms with Crippen molar-refractivity contribution in [3.05, 3.63) is 18.2 Å². The smallest absolute Gasteiger partial charge is 0.240 e. The fourth-order valence-electron chi connectivity index (χ4n) is 2.77. The van der Waals surface area contributed by atoms with Gasteiger partial charge in [-0.25, -0.2) is 13.1 Å². The molecule has 1 aliphatic carbocycles. The molecule has 1 saturated carbocycles. The van der Waals surface area contributed by atoms with Crippen molar-refractivity contribution in [1.82, 2.24) is 4.72 Å². The zero-order chi connectivity index (χ0) is 15.5. The molecule has 0 bridgehead atoms. The summed E-state index contributed by atoms with van der Waals surface area (Å²) in [5.74, 6) is 0. The highest BCUT2D eigenvalue weighted by Crippen LogP contribution is 2.34. The van der Waals surface area contributed by atoms with Crippen LogP contribution in [-0.4, -0.2) is 32.7 Å². The van der Waals surface area contributed by atoms with E-state index in [1.165, 1.54) is 19.2 Å². The van der Waals surface area contributed by atoms with Crippen LogP contribution in [0.2, 0.25) is 0 Å². The molecule has 0 amide bonds. The van der Waals surface area contributed by atoms with E-state index in [0.717, 1.165) is 32.1 Å². The second kappa shape index (κ2) is 6.21. The van der Waals surface area contributed by atoms with Crippen LogP contribution < -0.4 is 15.8 Å². The average Bonchev–Trinajstić information content (AvgIpc) is 2.50. The van der Waals surface area contributed by atoms with Crippen molar-refractivity contribution >= 4 is 21.4 Å². The van der Waals surface area contributed by atoms with E-state index in [4.69, 9.17) is 5.73 Å². The topological polar surface area (TPSA) is 104 Å². The highest BCUT2D eigenvalue weighted by Gasteiger charge is 2.31. The van der Waals surface area contributed by atoms with Gasteiger partial charge in [0.1, 0.15) is 0 Å². The van der Waals surface area contributed by atoms with Crippen LogP contribution in [0.15, 0.2) is 23.1 Å². The number of rotatable bonds is 5. The number of aliphatic hydroxyl groups excluding tert-OH is 1. The summed E-state index contributed by atoms with van der Waals surface area (Å²) in [5.41, 5.74) is 6.57. The number of aliphatic hydroxyl groups is 1. The first-order valence-electron chi connectivity index (χ1n) is 7.15. The second-order valence-electron chi connectivity index (χ2n) is 5.58. The molecule has 0 aliphatic heterocycles. The van der Waals surface area contributed by atoms with Gasteiger partial charge < -0.3 is 16.2 Å². The van der Waals surface area contributed by atoms with Gasteiger partial charge in [-0.05, 0) is 38.1 Å². The van der Waals surface area contributed by atoms with Gasteiger partial charge in [-0.3, -0.25) is 0 Å². The van der Waals surface area contributed by atoms with E-state index >= 15 is 0 Å². The van der Waals surface area contributed by atoms with Crippen LogP contribution in [0.25, 0.3) is 0 Å². The van der Waals surface area contributed by atoms with Gasteiger partial charge in [0.25, 0.3) is 0 Å². The standard InChI is InChI=1S/C14H23N3O3S/c1-16-21(19,20)11-5-6-12(15)13(9-11)17-14(10-18)7-3-2-4-8-14/h5-6,9,16-18H,2-4,7-8,10,15H2,1H3. The Morgan fingerprint density at radius 3 is 2.52 bits per heavy atom. The van der Waals surface area contributed by atoms with E-state index in [9.17, 15) is 13.5 Å². The van der Waals surface area contributed by atoms with Gasteiger partial charge >= 0.3 is 0 Å². The maximum atomic E-state index is 11.9. The minimum Gasteiger partial charge on any atom is -0.397 e. The van der Waals surface area contributed by atoms with Gasteiger partial charge in [-0.1, -0.05) is 19.3 Å². The Kier molecular flexibility index (Phi) is 4.75. The van der Waals surface area contributed by atoms with Crippen molar-refractivity contribution < 1.29 is 13.5 Å². The number of nitrogens with one attached hydrogen (secondary N) is 2. The van der Waals surface area contributed by atoms with Crippen LogP contribution in [0.5, 0.6) is 0 Å². The lowest BCUT2D eigenvalue weighted by Crippen LogP contribution is -2.44. The van der Waals surface area contributed by atoms with Crippen molar-refractivity contribution in [3.8, 4) is 0 Å². The van der Waals surface area contributed by atoms with Crippen molar-refractivity contribution in [2.45, 2.75) is 42.5 Å². The minimum atomic E-state index is -3.51. The first kappa shape index (κ1) is 16.1. The van der Waals surface area contributed by atoms with Crippen molar-refractivity contribution in [1.29, 1.82) is 0 Å². The van der Waals surface area contributed by atoms with E-state index < -0.39 is 15.6 Å². The van der Waals surface area contributed by atoms with Crippen molar-refractivity contribution in [2.75, 3.05) is 24.7 Å². The molecular weight excluding hydrogens is 290 g/mol. The van der Waals surface area contributed by atoms with Crippen molar-refractivity contribution in [2.24, 2.45) is 0 Å². The summed E-state index contributed by atoms with van der Waals surface area (Å²) in [4.78, 5) is 0.158. The number of sulfonamides is 1. The molecule has 7 heteroatoms. The van der Waals surface area contributed by atoms with E-state index in [1.807, 2.05) is 0 Å². The van der Waals surface area contributed by atoms with Crippen LogP contribution in [0.1, 0.15) is 32.1 Å². The molecule has 0 unspecified atom stereocenters. The molecule has 0 heterocycles. The van der Waals surface area contributed by atoms with E-state index in [0.29, 0.717) is 11.4 Å². The summed E-state index contributed by atoms with van der Waals surface area (Å²) in [7, 11) is -2.14. The maximum absolute atomic E-state index is 11.9. The van der Waals surface area contributed by atoms with E-state index in [1.54, 1.807) is 6.07 Å². The SMILES string of the molecule is CNS(=O)(=O)c1ccc(N)c(NC2(CO)CCCCC2)c1. The number of hydrogen-bond donors (Lipinski definition) is 4. The third kappa shape index (κ3) is 3.48. The molecule has 6 nitrogen and oxygen atoms in total. The Labute approximate surface area is 125 Å². The summed E-state index contributed by atoms with van der Waals surface area (Å²) in [6.45, 7) is 0.00937. The molecule has 2 rings (SSSR count). The lowest BCUT2D eigenvalue weighted by molar-refractivity contribution is 0.173. The minimum absolute atomic E-state index is 0.00937. The van der Waals surface area contributed by atoms with Crippen LogP contribution in [0.3, 0.4) is 0 Å². The number of nitrogens with two attached hydrogens (primary N) is 1. The Morgan fingerprint density at radius 2 is 1.95 bits per heavy atom. The van der Waals surface area contributed by atoms with Gasteiger partial charge in [-0.2, -0.15) is 0 Å². The first-order chi connectivity index (χ1) is 9.92. The molecule has 0 atom stereocenters. The quantitative estimate of drug-likeness (QED) is 0.613. The molecule has 0 radical (unpaired) electrons. The number of anilines is 2. The molecular formula is C14H23N3O3S. The molecule has 1 fully saturated rings. The average molecular weight is 313 g/mol. The summed E-state index contributed by atoms with van der Waals surface area (Å²) >= 11 is 0. The zero-order valence-electron chi connectivity index (χ0n) is 12.2. The molecule has 1 aromatic carbocycles. The largest absolute Gasteiger partial charge is 0.397 e.